The molecule has 0 atom stereocenters. The van der Waals surface area contributed by atoms with Crippen molar-refractivity contribution in [3.63, 3.8) is 0 Å². The van der Waals surface area contributed by atoms with Gasteiger partial charge in [0.05, 0.1) is 18.4 Å². The number of halogens is 1. The minimum absolute atomic E-state index is 0.00326. The highest BCUT2D eigenvalue weighted by atomic mass is 19.1. The second-order valence-corrected chi connectivity index (χ2v) is 4.36. The first-order valence-electron chi connectivity index (χ1n) is 6.14. The van der Waals surface area contributed by atoms with Gasteiger partial charge in [0.15, 0.2) is 11.5 Å². The van der Waals surface area contributed by atoms with Gasteiger partial charge in [0, 0.05) is 6.54 Å². The van der Waals surface area contributed by atoms with Crippen molar-refractivity contribution in [2.24, 2.45) is 0 Å². The minimum atomic E-state index is -1.12. The van der Waals surface area contributed by atoms with Gasteiger partial charge in [-0.2, -0.15) is 0 Å². The Morgan fingerprint density at radius 2 is 2.05 bits per heavy atom. The number of phenolic OH excluding ortho intramolecular Hbond substituents is 1. The Balaban J connectivity index is 2.14. The number of ether oxygens (including phenoxy) is 1. The maximum absolute atomic E-state index is 13.6. The number of carbonyl (C=O) groups is 1. The maximum Gasteiger partial charge on any atom is 0.335 e. The fourth-order valence-electron chi connectivity index (χ4n) is 1.84. The van der Waals surface area contributed by atoms with E-state index in [4.69, 9.17) is 9.84 Å². The Kier molecular flexibility index (Phi) is 4.27. The number of aromatic hydroxyl groups is 1. The van der Waals surface area contributed by atoms with Gasteiger partial charge < -0.3 is 20.3 Å². The third-order valence-corrected chi connectivity index (χ3v) is 2.94. The highest BCUT2D eigenvalue weighted by Gasteiger charge is 2.09. The molecule has 2 aromatic carbocycles. The minimum Gasteiger partial charge on any atom is -0.504 e. The van der Waals surface area contributed by atoms with E-state index < -0.39 is 11.8 Å². The average molecular weight is 291 g/mol. The van der Waals surface area contributed by atoms with Gasteiger partial charge in [-0.25, -0.2) is 9.18 Å². The number of aromatic carboxylic acids is 1. The monoisotopic (exact) mass is 291 g/mol. The molecule has 0 unspecified atom stereocenters. The molecule has 2 aromatic rings. The summed E-state index contributed by atoms with van der Waals surface area (Å²) in [5.41, 5.74) is 0.787. The predicted octanol–water partition coefficient (Wildman–Crippen LogP) is 2.85. The lowest BCUT2D eigenvalue weighted by Gasteiger charge is -2.10. The zero-order chi connectivity index (χ0) is 15.4. The number of hydrogen-bond donors (Lipinski definition) is 3. The number of benzene rings is 2. The van der Waals surface area contributed by atoms with Crippen molar-refractivity contribution in [3.8, 4) is 11.5 Å². The molecule has 0 radical (unpaired) electrons. The second kappa shape index (κ2) is 6.13. The van der Waals surface area contributed by atoms with Crippen molar-refractivity contribution in [1.29, 1.82) is 0 Å². The van der Waals surface area contributed by atoms with Gasteiger partial charge in [-0.3, -0.25) is 0 Å². The first-order chi connectivity index (χ1) is 10.0. The van der Waals surface area contributed by atoms with E-state index in [0.29, 0.717) is 11.3 Å². The number of anilines is 1. The largest absolute Gasteiger partial charge is 0.504 e. The zero-order valence-electron chi connectivity index (χ0n) is 11.3. The van der Waals surface area contributed by atoms with Crippen molar-refractivity contribution < 1.29 is 24.1 Å². The number of methoxy groups -OCH3 is 1. The van der Waals surface area contributed by atoms with E-state index in [2.05, 4.69) is 5.32 Å². The van der Waals surface area contributed by atoms with Gasteiger partial charge in [-0.15, -0.1) is 0 Å². The van der Waals surface area contributed by atoms with Crippen LogP contribution < -0.4 is 10.1 Å². The summed E-state index contributed by atoms with van der Waals surface area (Å²) in [5.74, 6) is -1.34. The Morgan fingerprint density at radius 1 is 1.29 bits per heavy atom. The van der Waals surface area contributed by atoms with Gasteiger partial charge >= 0.3 is 5.97 Å². The summed E-state index contributed by atoms with van der Waals surface area (Å²) in [6.07, 6.45) is 0. The SMILES string of the molecule is COc1ccc(CNc2cc(C(=O)O)ccc2F)cc1O. The zero-order valence-corrected chi connectivity index (χ0v) is 11.3. The van der Waals surface area contributed by atoms with Crippen LogP contribution in [0.5, 0.6) is 11.5 Å². The third-order valence-electron chi connectivity index (χ3n) is 2.94. The van der Waals surface area contributed by atoms with Crippen molar-refractivity contribution in [1.82, 2.24) is 0 Å². The smallest absolute Gasteiger partial charge is 0.335 e. The quantitative estimate of drug-likeness (QED) is 0.789. The van der Waals surface area contributed by atoms with E-state index in [-0.39, 0.29) is 23.5 Å². The molecule has 0 spiro atoms. The van der Waals surface area contributed by atoms with Crippen LogP contribution in [0, 0.1) is 5.82 Å². The predicted molar refractivity (Wildman–Crippen MR) is 75.3 cm³/mol. The van der Waals surface area contributed by atoms with Crippen LogP contribution in [0.2, 0.25) is 0 Å². The van der Waals surface area contributed by atoms with E-state index in [0.717, 1.165) is 6.07 Å². The molecule has 21 heavy (non-hydrogen) atoms. The van der Waals surface area contributed by atoms with E-state index in [9.17, 15) is 14.3 Å². The van der Waals surface area contributed by atoms with Crippen LogP contribution in [0.15, 0.2) is 36.4 Å². The van der Waals surface area contributed by atoms with Gasteiger partial charge in [-0.1, -0.05) is 6.07 Å². The molecule has 0 aliphatic rings. The summed E-state index contributed by atoms with van der Waals surface area (Å²) < 4.78 is 18.5. The molecule has 2 rings (SSSR count). The Morgan fingerprint density at radius 3 is 2.67 bits per heavy atom. The first kappa shape index (κ1) is 14.6. The van der Waals surface area contributed by atoms with Crippen LogP contribution in [0.1, 0.15) is 15.9 Å². The third kappa shape index (κ3) is 3.42. The molecule has 0 saturated carbocycles. The van der Waals surface area contributed by atoms with Crippen molar-refractivity contribution >= 4 is 11.7 Å². The van der Waals surface area contributed by atoms with Crippen molar-refractivity contribution in [2.75, 3.05) is 12.4 Å². The molecule has 0 aliphatic heterocycles. The summed E-state index contributed by atoms with van der Waals surface area (Å²) in [6, 6.07) is 8.31. The van der Waals surface area contributed by atoms with E-state index in [1.54, 1.807) is 12.1 Å². The summed E-state index contributed by atoms with van der Waals surface area (Å²) in [6.45, 7) is 0.234. The molecule has 5 nitrogen and oxygen atoms in total. The molecule has 0 fully saturated rings. The molecular weight excluding hydrogens is 277 g/mol. The molecule has 0 saturated heterocycles. The van der Waals surface area contributed by atoms with Crippen molar-refractivity contribution in [2.45, 2.75) is 6.54 Å². The van der Waals surface area contributed by atoms with E-state index >= 15 is 0 Å². The average Bonchev–Trinajstić information content (AvgIpc) is 2.46. The topological polar surface area (TPSA) is 78.8 Å². The van der Waals surface area contributed by atoms with Gasteiger partial charge in [0.1, 0.15) is 5.82 Å². The van der Waals surface area contributed by atoms with Crippen LogP contribution in [-0.2, 0) is 6.54 Å². The number of nitrogens with one attached hydrogen (secondary N) is 1. The Labute approximate surface area is 120 Å². The number of phenols is 1. The maximum atomic E-state index is 13.6. The fraction of sp³-hybridized carbons (Fsp3) is 0.133. The molecule has 0 bridgehead atoms. The summed E-state index contributed by atoms with van der Waals surface area (Å²) in [7, 11) is 1.44. The number of carboxylic acid groups (broad SMARTS) is 1. The molecule has 3 N–H and O–H groups in total. The molecule has 6 heteroatoms. The molecule has 0 aliphatic carbocycles. The van der Waals surface area contributed by atoms with Gasteiger partial charge in [-0.05, 0) is 35.9 Å². The van der Waals surface area contributed by atoms with Crippen LogP contribution in [-0.4, -0.2) is 23.3 Å². The normalized spacial score (nSPS) is 10.2. The number of rotatable bonds is 5. The first-order valence-corrected chi connectivity index (χ1v) is 6.14. The molecule has 0 amide bonds. The Hall–Kier alpha value is -2.76. The highest BCUT2D eigenvalue weighted by Crippen LogP contribution is 2.26. The van der Waals surface area contributed by atoms with Crippen LogP contribution >= 0.6 is 0 Å². The highest BCUT2D eigenvalue weighted by molar-refractivity contribution is 5.88. The van der Waals surface area contributed by atoms with E-state index in [1.165, 1.54) is 25.3 Å². The van der Waals surface area contributed by atoms with Gasteiger partial charge in [0.25, 0.3) is 0 Å². The van der Waals surface area contributed by atoms with Crippen molar-refractivity contribution in [3.05, 3.63) is 53.3 Å². The van der Waals surface area contributed by atoms with E-state index in [1.807, 2.05) is 0 Å². The molecule has 0 aromatic heterocycles. The van der Waals surface area contributed by atoms with Crippen LogP contribution in [0.4, 0.5) is 10.1 Å². The Bertz CT molecular complexity index is 673. The lowest BCUT2D eigenvalue weighted by Crippen LogP contribution is -2.04. The standard InChI is InChI=1S/C15H14FNO4/c1-21-14-5-2-9(6-13(14)18)8-17-12-7-10(15(19)20)3-4-11(12)16/h2-7,17-18H,8H2,1H3,(H,19,20). The second-order valence-electron chi connectivity index (χ2n) is 4.36. The van der Waals surface area contributed by atoms with Crippen LogP contribution in [0.3, 0.4) is 0 Å². The number of carboxylic acids is 1. The summed E-state index contributed by atoms with van der Waals surface area (Å²) in [4.78, 5) is 10.9. The van der Waals surface area contributed by atoms with Gasteiger partial charge in [0.2, 0.25) is 0 Å². The van der Waals surface area contributed by atoms with Crippen LogP contribution in [0.25, 0.3) is 0 Å². The molecule has 0 heterocycles. The summed E-state index contributed by atoms with van der Waals surface area (Å²) >= 11 is 0. The summed E-state index contributed by atoms with van der Waals surface area (Å²) in [5, 5.41) is 21.3. The molecular formula is C15H14FNO4. The lowest BCUT2D eigenvalue weighted by atomic mass is 10.1. The fourth-order valence-corrected chi connectivity index (χ4v) is 1.84. The number of hydrogen-bond acceptors (Lipinski definition) is 4. The lowest BCUT2D eigenvalue weighted by molar-refractivity contribution is 0.0697. The molecule has 110 valence electrons.